The van der Waals surface area contributed by atoms with Gasteiger partial charge in [-0.2, -0.15) is 0 Å². The van der Waals surface area contributed by atoms with Crippen molar-refractivity contribution in [2.45, 2.75) is 20.5 Å². The Morgan fingerprint density at radius 2 is 1.79 bits per heavy atom. The van der Waals surface area contributed by atoms with Gasteiger partial charge in [0, 0.05) is 14.1 Å². The molecule has 1 heterocycles. The Hall–Kier alpha value is -2.38. The van der Waals surface area contributed by atoms with Crippen LogP contribution in [0.15, 0.2) is 46.6 Å². The Morgan fingerprint density at radius 3 is 2.38 bits per heavy atom. The van der Waals surface area contributed by atoms with Crippen LogP contribution in [-0.4, -0.2) is 41.5 Å². The van der Waals surface area contributed by atoms with E-state index < -0.39 is 0 Å². The molecule has 1 aliphatic rings. The molecule has 2 aromatic rings. The molecule has 0 atom stereocenters. The van der Waals surface area contributed by atoms with Gasteiger partial charge in [0.15, 0.2) is 16.6 Å². The lowest BCUT2D eigenvalue weighted by Gasteiger charge is -2.15. The fraction of sp³-hybridized carbons (Fsp3) is 0.273. The Balaban J connectivity index is 1.90. The number of halogens is 1. The van der Waals surface area contributed by atoms with E-state index in [2.05, 4.69) is 35.0 Å². The summed E-state index contributed by atoms with van der Waals surface area (Å²) >= 11 is 8.86. The summed E-state index contributed by atoms with van der Waals surface area (Å²) in [7, 11) is 3.46. The molecule has 1 amide bonds. The van der Waals surface area contributed by atoms with Crippen LogP contribution in [0.5, 0.6) is 11.5 Å². The smallest absolute Gasteiger partial charge is 0.276 e. The lowest BCUT2D eigenvalue weighted by atomic mass is 10.1. The Kier molecular flexibility index (Phi) is 6.59. The molecule has 152 valence electrons. The van der Waals surface area contributed by atoms with E-state index in [1.54, 1.807) is 25.1 Å². The molecular weight excluding hydrogens is 452 g/mol. The summed E-state index contributed by atoms with van der Waals surface area (Å²) in [5.41, 5.74) is 3.61. The van der Waals surface area contributed by atoms with E-state index in [-0.39, 0.29) is 5.91 Å². The van der Waals surface area contributed by atoms with Crippen molar-refractivity contribution in [3.05, 3.63) is 63.3 Å². The zero-order valence-electron chi connectivity index (χ0n) is 16.9. The number of likely N-dealkylation sites (N-methyl/N-ethyl adjacent to an activating group) is 2. The van der Waals surface area contributed by atoms with Crippen LogP contribution in [0.2, 0.25) is 0 Å². The van der Waals surface area contributed by atoms with Crippen LogP contribution >= 0.6 is 28.1 Å². The van der Waals surface area contributed by atoms with Crippen LogP contribution in [0.4, 0.5) is 0 Å². The molecule has 7 heteroatoms. The van der Waals surface area contributed by atoms with Gasteiger partial charge in [-0.3, -0.25) is 9.69 Å². The fourth-order valence-electron chi connectivity index (χ4n) is 2.96. The average molecular weight is 475 g/mol. The van der Waals surface area contributed by atoms with Crippen LogP contribution in [0.25, 0.3) is 6.08 Å². The summed E-state index contributed by atoms with van der Waals surface area (Å²) < 4.78 is 12.6. The van der Waals surface area contributed by atoms with Crippen molar-refractivity contribution in [1.29, 1.82) is 0 Å². The number of aryl methyl sites for hydroxylation is 1. The number of hydrogen-bond acceptors (Lipinski definition) is 4. The third-order valence-corrected chi connectivity index (χ3v) is 5.73. The molecule has 1 saturated heterocycles. The van der Waals surface area contributed by atoms with E-state index in [1.165, 1.54) is 10.5 Å². The molecule has 0 aromatic heterocycles. The monoisotopic (exact) mass is 474 g/mol. The maximum absolute atomic E-state index is 12.4. The molecular formula is C22H23BrN2O3S. The number of amides is 1. The van der Waals surface area contributed by atoms with Crippen LogP contribution in [0, 0.1) is 6.92 Å². The van der Waals surface area contributed by atoms with Crippen molar-refractivity contribution in [2.75, 3.05) is 20.7 Å². The second kappa shape index (κ2) is 8.97. The minimum Gasteiger partial charge on any atom is -0.490 e. The number of thiocarbonyl (C=S) groups is 1. The van der Waals surface area contributed by atoms with E-state index in [0.29, 0.717) is 35.5 Å². The minimum atomic E-state index is -0.133. The molecule has 0 spiro atoms. The summed E-state index contributed by atoms with van der Waals surface area (Å²) in [6.45, 7) is 4.90. The maximum atomic E-state index is 12.4. The van der Waals surface area contributed by atoms with Gasteiger partial charge in [-0.15, -0.1) is 0 Å². The molecule has 0 unspecified atom stereocenters. The summed E-state index contributed by atoms with van der Waals surface area (Å²) in [5.74, 6) is 1.12. The maximum Gasteiger partial charge on any atom is 0.276 e. The standard InChI is InChI=1S/C22H23BrN2O3S/c1-5-27-19-12-16(11-18-21(26)25(4)22(29)24(18)3)10-17(23)20(19)28-13-15-8-6-14(2)7-9-15/h6-12H,5,13H2,1-4H3/b18-11-. The predicted octanol–water partition coefficient (Wildman–Crippen LogP) is 4.76. The highest BCUT2D eigenvalue weighted by atomic mass is 79.9. The quantitative estimate of drug-likeness (QED) is 0.445. The van der Waals surface area contributed by atoms with Crippen molar-refractivity contribution in [3.63, 3.8) is 0 Å². The molecule has 1 aliphatic heterocycles. The number of rotatable bonds is 6. The van der Waals surface area contributed by atoms with Crippen molar-refractivity contribution < 1.29 is 14.3 Å². The number of carbonyl (C=O) groups excluding carboxylic acids is 1. The summed E-state index contributed by atoms with van der Waals surface area (Å²) in [6.07, 6.45) is 1.80. The molecule has 2 aromatic carbocycles. The van der Waals surface area contributed by atoms with Gasteiger partial charge >= 0.3 is 0 Å². The van der Waals surface area contributed by atoms with Crippen molar-refractivity contribution in [2.24, 2.45) is 0 Å². The Labute approximate surface area is 185 Å². The van der Waals surface area contributed by atoms with Crippen LogP contribution in [0.3, 0.4) is 0 Å². The van der Waals surface area contributed by atoms with Crippen LogP contribution in [-0.2, 0) is 11.4 Å². The second-order valence-corrected chi connectivity index (χ2v) is 7.99. The molecule has 3 rings (SSSR count). The van der Waals surface area contributed by atoms with Gasteiger partial charge in [-0.1, -0.05) is 29.8 Å². The van der Waals surface area contributed by atoms with Gasteiger partial charge in [0.2, 0.25) is 0 Å². The number of ether oxygens (including phenoxy) is 2. The largest absolute Gasteiger partial charge is 0.490 e. The SMILES string of the molecule is CCOc1cc(/C=C2/C(=O)N(C)C(=S)N2C)cc(Br)c1OCc1ccc(C)cc1. The molecule has 5 nitrogen and oxygen atoms in total. The molecule has 1 fully saturated rings. The lowest BCUT2D eigenvalue weighted by molar-refractivity contribution is -0.121. The highest BCUT2D eigenvalue weighted by molar-refractivity contribution is 9.10. The van der Waals surface area contributed by atoms with E-state index in [1.807, 2.05) is 31.2 Å². The summed E-state index contributed by atoms with van der Waals surface area (Å²) in [6, 6.07) is 12.0. The predicted molar refractivity (Wildman–Crippen MR) is 122 cm³/mol. The van der Waals surface area contributed by atoms with E-state index >= 15 is 0 Å². The molecule has 0 aliphatic carbocycles. The Bertz CT molecular complexity index is 973. The van der Waals surface area contributed by atoms with Crippen molar-refractivity contribution >= 4 is 45.2 Å². The first-order chi connectivity index (χ1) is 13.8. The lowest BCUT2D eigenvalue weighted by Crippen LogP contribution is -2.26. The third kappa shape index (κ3) is 4.62. The zero-order chi connectivity index (χ0) is 21.1. The van der Waals surface area contributed by atoms with Crippen LogP contribution in [0.1, 0.15) is 23.6 Å². The van der Waals surface area contributed by atoms with Crippen molar-refractivity contribution in [1.82, 2.24) is 9.80 Å². The first-order valence-electron chi connectivity index (χ1n) is 9.24. The van der Waals surface area contributed by atoms with Crippen molar-refractivity contribution in [3.8, 4) is 11.5 Å². The molecule has 0 radical (unpaired) electrons. The highest BCUT2D eigenvalue weighted by Gasteiger charge is 2.32. The van der Waals surface area contributed by atoms with E-state index in [4.69, 9.17) is 21.7 Å². The second-order valence-electron chi connectivity index (χ2n) is 6.77. The van der Waals surface area contributed by atoms with Gasteiger partial charge in [-0.05, 0) is 71.3 Å². The van der Waals surface area contributed by atoms with Gasteiger partial charge < -0.3 is 14.4 Å². The van der Waals surface area contributed by atoms with E-state index in [9.17, 15) is 4.79 Å². The van der Waals surface area contributed by atoms with Gasteiger partial charge in [-0.25, -0.2) is 0 Å². The Morgan fingerprint density at radius 1 is 1.10 bits per heavy atom. The summed E-state index contributed by atoms with van der Waals surface area (Å²) in [4.78, 5) is 15.6. The first kappa shape index (κ1) is 21.3. The number of benzene rings is 2. The van der Waals surface area contributed by atoms with Gasteiger partial charge in [0.05, 0.1) is 11.1 Å². The number of hydrogen-bond donors (Lipinski definition) is 0. The average Bonchev–Trinajstić information content (AvgIpc) is 2.87. The molecule has 0 N–H and O–H groups in total. The van der Waals surface area contributed by atoms with Gasteiger partial charge in [0.25, 0.3) is 5.91 Å². The highest BCUT2D eigenvalue weighted by Crippen LogP contribution is 2.38. The first-order valence-corrected chi connectivity index (χ1v) is 10.4. The normalized spacial score (nSPS) is 15.4. The molecule has 29 heavy (non-hydrogen) atoms. The number of nitrogens with zero attached hydrogens (tertiary/aromatic N) is 2. The topological polar surface area (TPSA) is 42.0 Å². The molecule has 0 saturated carbocycles. The molecule has 0 bridgehead atoms. The van der Waals surface area contributed by atoms with Crippen LogP contribution < -0.4 is 9.47 Å². The summed E-state index contributed by atoms with van der Waals surface area (Å²) in [5, 5.41) is 0.475. The third-order valence-electron chi connectivity index (χ3n) is 4.60. The number of carbonyl (C=O) groups is 1. The fourth-order valence-corrected chi connectivity index (χ4v) is 3.72. The van der Waals surface area contributed by atoms with E-state index in [0.717, 1.165) is 15.6 Å². The minimum absolute atomic E-state index is 0.133. The van der Waals surface area contributed by atoms with Gasteiger partial charge in [0.1, 0.15) is 12.3 Å². The zero-order valence-corrected chi connectivity index (χ0v) is 19.3.